The van der Waals surface area contributed by atoms with Gasteiger partial charge in [0.25, 0.3) is 5.95 Å². The molecule has 0 aromatic carbocycles. The lowest BCUT2D eigenvalue weighted by atomic mass is 9.97. The maximum absolute atomic E-state index is 10.5. The maximum atomic E-state index is 10.5. The van der Waals surface area contributed by atoms with Gasteiger partial charge in [-0.25, -0.2) is 4.98 Å². The van der Waals surface area contributed by atoms with Crippen molar-refractivity contribution >= 4 is 5.95 Å². The number of likely N-dealkylation sites (tertiary alicyclic amines) is 1. The van der Waals surface area contributed by atoms with E-state index in [1.807, 2.05) is 0 Å². The normalized spacial score (nSPS) is 19.5. The Morgan fingerprint density at radius 3 is 2.84 bits per heavy atom. The van der Waals surface area contributed by atoms with E-state index in [1.54, 1.807) is 10.8 Å². The summed E-state index contributed by atoms with van der Waals surface area (Å²) in [4.78, 5) is 16.5. The van der Waals surface area contributed by atoms with Crippen LogP contribution in [-0.2, 0) is 6.54 Å². The fraction of sp³-hybridized carbons (Fsp3) is 0.750. The lowest BCUT2D eigenvalue weighted by molar-refractivity contribution is 0.0794. The summed E-state index contributed by atoms with van der Waals surface area (Å²) in [5, 5.41) is 12.9. The average Bonchev–Trinajstić information content (AvgIpc) is 2.86. The highest BCUT2D eigenvalue weighted by molar-refractivity contribution is 5.15. The zero-order valence-corrected chi connectivity index (χ0v) is 11.0. The smallest absolute Gasteiger partial charge is 0.271 e. The Morgan fingerprint density at radius 2 is 2.21 bits per heavy atom. The molecule has 0 spiro atoms. The van der Waals surface area contributed by atoms with E-state index >= 15 is 0 Å². The first-order chi connectivity index (χ1) is 9.22. The third-order valence-corrected chi connectivity index (χ3v) is 3.69. The van der Waals surface area contributed by atoms with E-state index in [1.165, 1.54) is 6.20 Å². The van der Waals surface area contributed by atoms with Gasteiger partial charge in [-0.15, -0.1) is 4.91 Å². The minimum Gasteiger partial charge on any atom is -0.390 e. The number of imidazole rings is 1. The largest absolute Gasteiger partial charge is 0.390 e. The molecule has 2 rings (SSSR count). The second-order valence-electron chi connectivity index (χ2n) is 5.10. The Morgan fingerprint density at radius 1 is 1.47 bits per heavy atom. The van der Waals surface area contributed by atoms with Gasteiger partial charge in [0.1, 0.15) is 0 Å². The number of hydrogen-bond acceptors (Lipinski definition) is 6. The van der Waals surface area contributed by atoms with Crippen LogP contribution in [0.2, 0.25) is 0 Å². The molecule has 0 aliphatic carbocycles. The summed E-state index contributed by atoms with van der Waals surface area (Å²) >= 11 is 0. The van der Waals surface area contributed by atoms with Crippen molar-refractivity contribution in [2.24, 2.45) is 16.8 Å². The first-order valence-corrected chi connectivity index (χ1v) is 6.68. The van der Waals surface area contributed by atoms with Crippen LogP contribution in [-0.4, -0.2) is 51.8 Å². The third kappa shape index (κ3) is 3.82. The molecule has 0 radical (unpaired) electrons. The molecular weight excluding hydrogens is 246 g/mol. The van der Waals surface area contributed by atoms with Crippen molar-refractivity contribution in [3.63, 3.8) is 0 Å². The molecule has 0 bridgehead atoms. The van der Waals surface area contributed by atoms with Crippen LogP contribution >= 0.6 is 0 Å². The number of nitrogens with two attached hydrogens (primary N) is 1. The lowest BCUT2D eigenvalue weighted by Gasteiger charge is -2.32. The molecule has 1 atom stereocenters. The van der Waals surface area contributed by atoms with Crippen molar-refractivity contribution in [3.05, 3.63) is 17.3 Å². The molecule has 0 saturated carbocycles. The van der Waals surface area contributed by atoms with E-state index in [-0.39, 0.29) is 5.95 Å². The van der Waals surface area contributed by atoms with Gasteiger partial charge in [-0.05, 0) is 38.4 Å². The summed E-state index contributed by atoms with van der Waals surface area (Å²) in [7, 11) is 0. The van der Waals surface area contributed by atoms with Crippen molar-refractivity contribution in [1.29, 1.82) is 0 Å². The van der Waals surface area contributed by atoms with E-state index in [4.69, 9.17) is 5.73 Å². The molecule has 1 saturated heterocycles. The molecule has 1 aliphatic rings. The molecule has 1 aromatic rings. The summed E-state index contributed by atoms with van der Waals surface area (Å²) in [6.45, 7) is 3.65. The Bertz CT molecular complexity index is 401. The fourth-order valence-electron chi connectivity index (χ4n) is 2.53. The third-order valence-electron chi connectivity index (χ3n) is 3.69. The van der Waals surface area contributed by atoms with Gasteiger partial charge in [0.15, 0.2) is 0 Å². The van der Waals surface area contributed by atoms with Crippen LogP contribution in [0.15, 0.2) is 17.6 Å². The topological polar surface area (TPSA) is 96.7 Å². The molecular formula is C12H21N5O2. The predicted octanol–water partition coefficient (Wildman–Crippen LogP) is 0.313. The Kier molecular flexibility index (Phi) is 5.00. The molecule has 1 aliphatic heterocycles. The summed E-state index contributed by atoms with van der Waals surface area (Å²) in [5.41, 5.74) is 5.65. The van der Waals surface area contributed by atoms with Crippen LogP contribution in [0.5, 0.6) is 0 Å². The highest BCUT2D eigenvalue weighted by Gasteiger charge is 2.20. The van der Waals surface area contributed by atoms with Crippen molar-refractivity contribution < 1.29 is 5.11 Å². The number of hydrogen-bond donors (Lipinski definition) is 2. The molecule has 1 fully saturated rings. The van der Waals surface area contributed by atoms with Gasteiger partial charge in [-0.2, -0.15) is 0 Å². The molecule has 7 heteroatoms. The Hall–Kier alpha value is -1.31. The van der Waals surface area contributed by atoms with Crippen LogP contribution < -0.4 is 5.73 Å². The monoisotopic (exact) mass is 267 g/mol. The number of aliphatic hydroxyl groups excluding tert-OH is 1. The van der Waals surface area contributed by atoms with Gasteiger partial charge < -0.3 is 20.3 Å². The summed E-state index contributed by atoms with van der Waals surface area (Å²) < 4.78 is 1.57. The zero-order chi connectivity index (χ0) is 13.7. The van der Waals surface area contributed by atoms with Gasteiger partial charge in [-0.3, -0.25) is 0 Å². The summed E-state index contributed by atoms with van der Waals surface area (Å²) in [5.74, 6) is 0.730. The predicted molar refractivity (Wildman–Crippen MR) is 71.9 cm³/mol. The van der Waals surface area contributed by atoms with Crippen molar-refractivity contribution in [3.8, 4) is 0 Å². The standard InChI is InChI=1S/C12H21N5O2/c13-7-10-1-4-16(5-2-10)8-11(18)9-17-6-3-14-12(17)15-19/h3,6,10-11,18H,1-2,4-5,7-9,13H2. The number of piperidine rings is 1. The molecule has 2 heterocycles. The van der Waals surface area contributed by atoms with Crippen LogP contribution in [0.3, 0.4) is 0 Å². The van der Waals surface area contributed by atoms with Crippen molar-refractivity contribution in [1.82, 2.24) is 14.5 Å². The second kappa shape index (κ2) is 6.74. The Labute approximate surface area is 112 Å². The van der Waals surface area contributed by atoms with E-state index in [9.17, 15) is 10.0 Å². The number of rotatable bonds is 6. The molecule has 1 aromatic heterocycles. The number of nitrogens with zero attached hydrogens (tertiary/aromatic N) is 4. The van der Waals surface area contributed by atoms with E-state index < -0.39 is 6.10 Å². The molecule has 1 unspecified atom stereocenters. The summed E-state index contributed by atoms with van der Waals surface area (Å²) in [6, 6.07) is 0. The van der Waals surface area contributed by atoms with Crippen molar-refractivity contribution in [2.75, 3.05) is 26.2 Å². The van der Waals surface area contributed by atoms with Gasteiger partial charge in [0, 0.05) is 24.1 Å². The fourth-order valence-corrected chi connectivity index (χ4v) is 2.53. The molecule has 3 N–H and O–H groups in total. The molecule has 19 heavy (non-hydrogen) atoms. The second-order valence-corrected chi connectivity index (χ2v) is 5.10. The van der Waals surface area contributed by atoms with E-state index in [2.05, 4.69) is 15.1 Å². The first kappa shape index (κ1) is 14.1. The van der Waals surface area contributed by atoms with Gasteiger partial charge in [0.05, 0.1) is 12.6 Å². The molecule has 7 nitrogen and oxygen atoms in total. The average molecular weight is 267 g/mol. The quantitative estimate of drug-likeness (QED) is 0.723. The molecule has 0 amide bonds. The highest BCUT2D eigenvalue weighted by Crippen LogP contribution is 2.16. The van der Waals surface area contributed by atoms with Crippen LogP contribution in [0.25, 0.3) is 0 Å². The number of aliphatic hydroxyl groups is 1. The van der Waals surface area contributed by atoms with Gasteiger partial charge in [0.2, 0.25) is 0 Å². The minimum atomic E-state index is -0.524. The Balaban J connectivity index is 1.78. The van der Waals surface area contributed by atoms with Gasteiger partial charge in [-0.1, -0.05) is 0 Å². The number of β-amino-alcohol motifs (C(OH)–C–C–N with tert-alkyl or cyclic N) is 1. The maximum Gasteiger partial charge on any atom is 0.271 e. The minimum absolute atomic E-state index is 0.112. The highest BCUT2D eigenvalue weighted by atomic mass is 16.3. The SMILES string of the molecule is NCC1CCN(CC(O)Cn2ccnc2N=O)CC1. The van der Waals surface area contributed by atoms with Crippen LogP contribution in [0.4, 0.5) is 5.95 Å². The molecule has 106 valence electrons. The number of nitroso groups, excluding NO2 is 1. The van der Waals surface area contributed by atoms with E-state index in [0.717, 1.165) is 32.5 Å². The first-order valence-electron chi connectivity index (χ1n) is 6.68. The van der Waals surface area contributed by atoms with E-state index in [0.29, 0.717) is 19.0 Å². The number of aromatic nitrogens is 2. The van der Waals surface area contributed by atoms with Crippen LogP contribution in [0, 0.1) is 10.8 Å². The zero-order valence-electron chi connectivity index (χ0n) is 11.0. The van der Waals surface area contributed by atoms with Crippen molar-refractivity contribution in [2.45, 2.75) is 25.5 Å². The lowest BCUT2D eigenvalue weighted by Crippen LogP contribution is -2.41. The van der Waals surface area contributed by atoms with Crippen LogP contribution in [0.1, 0.15) is 12.8 Å². The van der Waals surface area contributed by atoms with Gasteiger partial charge >= 0.3 is 0 Å². The summed E-state index contributed by atoms with van der Waals surface area (Å²) in [6.07, 6.45) is 4.82.